The van der Waals surface area contributed by atoms with Gasteiger partial charge in [0.05, 0.1) is 6.33 Å². The monoisotopic (exact) mass is 298 g/mol. The van der Waals surface area contributed by atoms with E-state index < -0.39 is 0 Å². The predicted octanol–water partition coefficient (Wildman–Crippen LogP) is 1.89. The number of anilines is 1. The molecule has 0 bridgehead atoms. The maximum atomic E-state index is 11.5. The summed E-state index contributed by atoms with van der Waals surface area (Å²) >= 11 is 6.02. The van der Waals surface area contributed by atoms with E-state index in [0.717, 1.165) is 39.0 Å². The van der Waals surface area contributed by atoms with E-state index in [4.69, 9.17) is 11.6 Å². The maximum Gasteiger partial charge on any atom is 0.271 e. The standard InChI is InChI=1S/C14H23ClN4O/c1-10(2)7-16-8-11-3-5-19(6-4-11)13-12(15)14(20)18-9-17-13/h9-11,16H,3-8H2,1-2H3,(H,17,18,20). The smallest absolute Gasteiger partial charge is 0.271 e. The molecule has 0 amide bonds. The van der Waals surface area contributed by atoms with Crippen molar-refractivity contribution in [3.05, 3.63) is 21.7 Å². The second-order valence-electron chi connectivity index (χ2n) is 5.85. The summed E-state index contributed by atoms with van der Waals surface area (Å²) in [6.45, 7) is 8.39. The van der Waals surface area contributed by atoms with E-state index >= 15 is 0 Å². The molecule has 1 fully saturated rings. The normalized spacial score (nSPS) is 16.9. The molecule has 1 aromatic rings. The summed E-state index contributed by atoms with van der Waals surface area (Å²) in [5, 5.41) is 3.71. The highest BCUT2D eigenvalue weighted by Gasteiger charge is 2.22. The van der Waals surface area contributed by atoms with Gasteiger partial charge in [0.25, 0.3) is 5.56 Å². The maximum absolute atomic E-state index is 11.5. The Bertz CT molecular complexity index is 480. The first-order valence-corrected chi connectivity index (χ1v) is 7.64. The topological polar surface area (TPSA) is 61.0 Å². The molecule has 0 radical (unpaired) electrons. The first-order valence-electron chi connectivity index (χ1n) is 7.26. The second kappa shape index (κ2) is 7.09. The Kier molecular flexibility index (Phi) is 5.43. The first kappa shape index (κ1) is 15.3. The van der Waals surface area contributed by atoms with Gasteiger partial charge in [-0.15, -0.1) is 0 Å². The van der Waals surface area contributed by atoms with Crippen LogP contribution in [0.4, 0.5) is 5.82 Å². The van der Waals surface area contributed by atoms with E-state index in [1.165, 1.54) is 6.33 Å². The van der Waals surface area contributed by atoms with Crippen LogP contribution in [0.2, 0.25) is 5.02 Å². The Hall–Kier alpha value is -1.07. The van der Waals surface area contributed by atoms with Crippen molar-refractivity contribution in [1.29, 1.82) is 0 Å². The van der Waals surface area contributed by atoms with Gasteiger partial charge in [-0.05, 0) is 37.8 Å². The van der Waals surface area contributed by atoms with Crippen molar-refractivity contribution in [2.45, 2.75) is 26.7 Å². The third kappa shape index (κ3) is 3.96. The zero-order valence-electron chi connectivity index (χ0n) is 12.2. The van der Waals surface area contributed by atoms with Crippen LogP contribution in [0, 0.1) is 11.8 Å². The van der Waals surface area contributed by atoms with Crippen LogP contribution in [0.25, 0.3) is 0 Å². The van der Waals surface area contributed by atoms with Gasteiger partial charge in [-0.3, -0.25) is 4.79 Å². The lowest BCUT2D eigenvalue weighted by Crippen LogP contribution is -2.39. The number of aromatic nitrogens is 2. The zero-order valence-corrected chi connectivity index (χ0v) is 12.9. The van der Waals surface area contributed by atoms with Crippen molar-refractivity contribution >= 4 is 17.4 Å². The second-order valence-corrected chi connectivity index (χ2v) is 6.23. The molecule has 20 heavy (non-hydrogen) atoms. The molecular formula is C14H23ClN4O. The molecule has 0 atom stereocenters. The molecule has 2 N–H and O–H groups in total. The minimum atomic E-state index is -0.266. The highest BCUT2D eigenvalue weighted by Crippen LogP contribution is 2.24. The van der Waals surface area contributed by atoms with Gasteiger partial charge in [0.1, 0.15) is 5.02 Å². The molecule has 2 heterocycles. The number of hydrogen-bond acceptors (Lipinski definition) is 4. The van der Waals surface area contributed by atoms with Gasteiger partial charge >= 0.3 is 0 Å². The van der Waals surface area contributed by atoms with Crippen LogP contribution < -0.4 is 15.8 Å². The predicted molar refractivity (Wildman–Crippen MR) is 82.5 cm³/mol. The molecule has 2 rings (SSSR count). The molecule has 1 saturated heterocycles. The molecule has 112 valence electrons. The van der Waals surface area contributed by atoms with Gasteiger partial charge in [-0.25, -0.2) is 4.98 Å². The average Bonchev–Trinajstić information content (AvgIpc) is 2.42. The first-order chi connectivity index (χ1) is 9.58. The van der Waals surface area contributed by atoms with Crippen molar-refractivity contribution in [2.75, 3.05) is 31.1 Å². The molecule has 0 spiro atoms. The van der Waals surface area contributed by atoms with Gasteiger partial charge in [0.2, 0.25) is 0 Å². The van der Waals surface area contributed by atoms with Gasteiger partial charge < -0.3 is 15.2 Å². The highest BCUT2D eigenvalue weighted by molar-refractivity contribution is 6.32. The van der Waals surface area contributed by atoms with E-state index in [9.17, 15) is 4.79 Å². The summed E-state index contributed by atoms with van der Waals surface area (Å²) in [6.07, 6.45) is 3.63. The van der Waals surface area contributed by atoms with E-state index in [0.29, 0.717) is 17.7 Å². The summed E-state index contributed by atoms with van der Waals surface area (Å²) in [7, 11) is 0. The Morgan fingerprint density at radius 2 is 2.20 bits per heavy atom. The Morgan fingerprint density at radius 3 is 2.85 bits per heavy atom. The lowest BCUT2D eigenvalue weighted by molar-refractivity contribution is 0.373. The number of H-pyrrole nitrogens is 1. The largest absolute Gasteiger partial charge is 0.355 e. The molecule has 0 aromatic carbocycles. The lowest BCUT2D eigenvalue weighted by atomic mass is 9.96. The van der Waals surface area contributed by atoms with Crippen LogP contribution in [-0.2, 0) is 0 Å². The minimum absolute atomic E-state index is 0.198. The fourth-order valence-electron chi connectivity index (χ4n) is 2.52. The molecule has 6 heteroatoms. The number of aromatic amines is 1. The highest BCUT2D eigenvalue weighted by atomic mass is 35.5. The number of piperidine rings is 1. The summed E-state index contributed by atoms with van der Waals surface area (Å²) < 4.78 is 0. The summed E-state index contributed by atoms with van der Waals surface area (Å²) in [5.41, 5.74) is -0.266. The minimum Gasteiger partial charge on any atom is -0.355 e. The van der Waals surface area contributed by atoms with Crippen LogP contribution in [0.15, 0.2) is 11.1 Å². The molecule has 1 aromatic heterocycles. The fraction of sp³-hybridized carbons (Fsp3) is 0.714. The number of rotatable bonds is 5. The van der Waals surface area contributed by atoms with Gasteiger partial charge in [-0.2, -0.15) is 0 Å². The molecule has 0 unspecified atom stereocenters. The molecule has 1 aliphatic rings. The number of halogens is 1. The van der Waals surface area contributed by atoms with E-state index in [1.807, 2.05) is 0 Å². The molecule has 5 nitrogen and oxygen atoms in total. The molecular weight excluding hydrogens is 276 g/mol. The number of nitrogens with one attached hydrogen (secondary N) is 2. The van der Waals surface area contributed by atoms with Crippen LogP contribution in [0.1, 0.15) is 26.7 Å². The van der Waals surface area contributed by atoms with Crippen molar-refractivity contribution in [3.8, 4) is 0 Å². The van der Waals surface area contributed by atoms with Crippen molar-refractivity contribution in [1.82, 2.24) is 15.3 Å². The molecule has 1 aliphatic heterocycles. The van der Waals surface area contributed by atoms with Crippen LogP contribution in [0.5, 0.6) is 0 Å². The Morgan fingerprint density at radius 1 is 1.50 bits per heavy atom. The van der Waals surface area contributed by atoms with Crippen molar-refractivity contribution < 1.29 is 0 Å². The van der Waals surface area contributed by atoms with E-state index in [1.54, 1.807) is 0 Å². The summed E-state index contributed by atoms with van der Waals surface area (Å²) in [5.74, 6) is 2.00. The van der Waals surface area contributed by atoms with Crippen molar-refractivity contribution in [3.63, 3.8) is 0 Å². The van der Waals surface area contributed by atoms with Crippen molar-refractivity contribution in [2.24, 2.45) is 11.8 Å². The SMILES string of the molecule is CC(C)CNCC1CCN(c2nc[nH]c(=O)c2Cl)CC1. The number of nitrogens with zero attached hydrogens (tertiary/aromatic N) is 2. The lowest BCUT2D eigenvalue weighted by Gasteiger charge is -2.33. The van der Waals surface area contributed by atoms with Crippen LogP contribution in [-0.4, -0.2) is 36.1 Å². The average molecular weight is 299 g/mol. The van der Waals surface area contributed by atoms with Gasteiger partial charge in [0, 0.05) is 13.1 Å². The Balaban J connectivity index is 1.85. The van der Waals surface area contributed by atoms with Crippen LogP contribution >= 0.6 is 11.6 Å². The third-order valence-electron chi connectivity index (χ3n) is 3.68. The third-order valence-corrected chi connectivity index (χ3v) is 4.02. The van der Waals surface area contributed by atoms with Crippen LogP contribution in [0.3, 0.4) is 0 Å². The van der Waals surface area contributed by atoms with E-state index in [-0.39, 0.29) is 10.6 Å². The van der Waals surface area contributed by atoms with E-state index in [2.05, 4.69) is 34.0 Å². The Labute approximate surface area is 124 Å². The quantitative estimate of drug-likeness (QED) is 0.871. The fourth-order valence-corrected chi connectivity index (χ4v) is 2.74. The van der Waals surface area contributed by atoms with Gasteiger partial charge in [0.15, 0.2) is 5.82 Å². The molecule has 0 aliphatic carbocycles. The summed E-state index contributed by atoms with van der Waals surface area (Å²) in [4.78, 5) is 20.3. The van der Waals surface area contributed by atoms with Gasteiger partial charge in [-0.1, -0.05) is 25.4 Å². The zero-order chi connectivity index (χ0) is 14.5. The number of hydrogen-bond donors (Lipinski definition) is 2. The molecule has 0 saturated carbocycles. The summed E-state index contributed by atoms with van der Waals surface area (Å²) in [6, 6.07) is 0.